The second kappa shape index (κ2) is 7.56. The fraction of sp³-hybridized carbons (Fsp3) is 0.312. The highest BCUT2D eigenvalue weighted by molar-refractivity contribution is 5.92. The van der Waals surface area contributed by atoms with Gasteiger partial charge in [-0.15, -0.1) is 0 Å². The molecule has 0 atom stereocenters. The third kappa shape index (κ3) is 3.82. The first-order valence-corrected chi connectivity index (χ1v) is 7.93. The highest BCUT2D eigenvalue weighted by Crippen LogP contribution is 2.17. The Morgan fingerprint density at radius 1 is 1.32 bits per heavy atom. The lowest BCUT2D eigenvalue weighted by atomic mass is 10.3. The summed E-state index contributed by atoms with van der Waals surface area (Å²) in [4.78, 5) is 20.6. The summed E-state index contributed by atoms with van der Waals surface area (Å²) in [5.74, 6) is 0.995. The number of rotatable bonds is 7. The van der Waals surface area contributed by atoms with E-state index in [1.807, 2.05) is 13.8 Å². The molecule has 9 nitrogen and oxygen atoms in total. The Labute approximate surface area is 144 Å². The molecular formula is C16H18N6O3. The topological polar surface area (TPSA) is 108 Å². The molecule has 1 amide bonds. The first-order valence-electron chi connectivity index (χ1n) is 7.93. The van der Waals surface area contributed by atoms with Gasteiger partial charge >= 0.3 is 0 Å². The van der Waals surface area contributed by atoms with Crippen molar-refractivity contribution < 1.29 is 14.1 Å². The van der Waals surface area contributed by atoms with Crippen LogP contribution in [0.15, 0.2) is 35.1 Å². The van der Waals surface area contributed by atoms with Crippen LogP contribution in [0.5, 0.6) is 5.88 Å². The molecule has 25 heavy (non-hydrogen) atoms. The number of carbonyl (C=O) groups excluding carboxylic acids is 1. The van der Waals surface area contributed by atoms with Crippen LogP contribution in [0.2, 0.25) is 0 Å². The van der Waals surface area contributed by atoms with Crippen molar-refractivity contribution in [1.82, 2.24) is 30.2 Å². The molecule has 0 radical (unpaired) electrons. The monoisotopic (exact) mass is 342 g/mol. The third-order valence-electron chi connectivity index (χ3n) is 3.40. The zero-order valence-corrected chi connectivity index (χ0v) is 14.0. The van der Waals surface area contributed by atoms with E-state index in [1.165, 1.54) is 0 Å². The molecule has 3 aromatic heterocycles. The number of aryl methyl sites for hydroxylation is 1. The standard InChI is InChI=1S/C16H18N6O3/c1-3-22-12(7-8-19-22)16(23)18-10-14-20-15(21-25-14)11-5-6-13(17-9-11)24-4-2/h5-9H,3-4,10H2,1-2H3,(H,18,23). The average molecular weight is 342 g/mol. The molecule has 3 rings (SSSR count). The van der Waals surface area contributed by atoms with Crippen LogP contribution in [0.4, 0.5) is 0 Å². The van der Waals surface area contributed by atoms with Gasteiger partial charge in [0, 0.05) is 30.6 Å². The van der Waals surface area contributed by atoms with Gasteiger partial charge in [0.2, 0.25) is 17.6 Å². The Kier molecular flexibility index (Phi) is 5.03. The van der Waals surface area contributed by atoms with Crippen LogP contribution in [-0.2, 0) is 13.1 Å². The Morgan fingerprint density at radius 3 is 2.92 bits per heavy atom. The fourth-order valence-electron chi connectivity index (χ4n) is 2.21. The lowest BCUT2D eigenvalue weighted by molar-refractivity contribution is 0.0935. The Morgan fingerprint density at radius 2 is 2.20 bits per heavy atom. The van der Waals surface area contributed by atoms with Crippen LogP contribution in [-0.4, -0.2) is 37.4 Å². The second-order valence-corrected chi connectivity index (χ2v) is 5.04. The number of hydrogen-bond acceptors (Lipinski definition) is 7. The molecule has 130 valence electrons. The van der Waals surface area contributed by atoms with E-state index in [4.69, 9.17) is 9.26 Å². The van der Waals surface area contributed by atoms with Gasteiger partial charge in [-0.2, -0.15) is 10.1 Å². The summed E-state index contributed by atoms with van der Waals surface area (Å²) in [6.07, 6.45) is 3.19. The maximum Gasteiger partial charge on any atom is 0.269 e. The Balaban J connectivity index is 1.62. The van der Waals surface area contributed by atoms with Gasteiger partial charge in [0.1, 0.15) is 5.69 Å². The summed E-state index contributed by atoms with van der Waals surface area (Å²) < 4.78 is 12.1. The normalized spacial score (nSPS) is 10.6. The van der Waals surface area contributed by atoms with Gasteiger partial charge < -0.3 is 14.6 Å². The fourth-order valence-corrected chi connectivity index (χ4v) is 2.21. The number of pyridine rings is 1. The lowest BCUT2D eigenvalue weighted by Crippen LogP contribution is -2.25. The molecular weight excluding hydrogens is 324 g/mol. The molecule has 0 spiro atoms. The van der Waals surface area contributed by atoms with E-state index in [0.29, 0.717) is 42.0 Å². The van der Waals surface area contributed by atoms with Crippen LogP contribution >= 0.6 is 0 Å². The van der Waals surface area contributed by atoms with E-state index in [-0.39, 0.29) is 12.5 Å². The van der Waals surface area contributed by atoms with Crippen molar-refractivity contribution in [2.24, 2.45) is 0 Å². The summed E-state index contributed by atoms with van der Waals surface area (Å²) in [6.45, 7) is 5.10. The molecule has 0 bridgehead atoms. The number of carbonyl (C=O) groups is 1. The van der Waals surface area contributed by atoms with Gasteiger partial charge in [0.25, 0.3) is 5.91 Å². The molecule has 0 saturated heterocycles. The van der Waals surface area contributed by atoms with Gasteiger partial charge in [-0.1, -0.05) is 5.16 Å². The highest BCUT2D eigenvalue weighted by atomic mass is 16.5. The Hall–Kier alpha value is -3.23. The van der Waals surface area contributed by atoms with Gasteiger partial charge in [-0.05, 0) is 26.0 Å². The molecule has 0 aliphatic carbocycles. The number of hydrogen-bond donors (Lipinski definition) is 1. The summed E-state index contributed by atoms with van der Waals surface area (Å²) in [7, 11) is 0. The number of aromatic nitrogens is 5. The molecule has 3 aromatic rings. The van der Waals surface area contributed by atoms with Crippen molar-refractivity contribution in [2.75, 3.05) is 6.61 Å². The maximum absolute atomic E-state index is 12.1. The summed E-state index contributed by atoms with van der Waals surface area (Å²) in [5, 5.41) is 10.7. The zero-order chi connectivity index (χ0) is 17.6. The summed E-state index contributed by atoms with van der Waals surface area (Å²) in [5.41, 5.74) is 1.19. The highest BCUT2D eigenvalue weighted by Gasteiger charge is 2.14. The van der Waals surface area contributed by atoms with Crippen LogP contribution in [0.1, 0.15) is 30.2 Å². The largest absolute Gasteiger partial charge is 0.478 e. The van der Waals surface area contributed by atoms with Gasteiger partial charge in [0.15, 0.2) is 0 Å². The minimum atomic E-state index is -0.248. The quantitative estimate of drug-likeness (QED) is 0.696. The van der Waals surface area contributed by atoms with Crippen molar-refractivity contribution in [3.05, 3.63) is 42.2 Å². The predicted octanol–water partition coefficient (Wildman–Crippen LogP) is 1.68. The lowest BCUT2D eigenvalue weighted by Gasteiger charge is -2.04. The van der Waals surface area contributed by atoms with Gasteiger partial charge in [-0.25, -0.2) is 4.98 Å². The van der Waals surface area contributed by atoms with Crippen LogP contribution in [0.3, 0.4) is 0 Å². The van der Waals surface area contributed by atoms with Crippen LogP contribution < -0.4 is 10.1 Å². The van der Waals surface area contributed by atoms with Crippen molar-refractivity contribution in [1.29, 1.82) is 0 Å². The smallest absolute Gasteiger partial charge is 0.269 e. The van der Waals surface area contributed by atoms with E-state index in [9.17, 15) is 4.79 Å². The molecule has 0 aliphatic rings. The summed E-state index contributed by atoms with van der Waals surface area (Å²) in [6, 6.07) is 5.19. The van der Waals surface area contributed by atoms with Gasteiger partial charge in [-0.3, -0.25) is 9.48 Å². The van der Waals surface area contributed by atoms with E-state index in [2.05, 4.69) is 25.5 Å². The van der Waals surface area contributed by atoms with Crippen molar-refractivity contribution in [2.45, 2.75) is 26.9 Å². The van der Waals surface area contributed by atoms with E-state index in [0.717, 1.165) is 0 Å². The number of nitrogens with zero attached hydrogens (tertiary/aromatic N) is 5. The molecule has 1 N–H and O–H groups in total. The molecule has 0 saturated carbocycles. The summed E-state index contributed by atoms with van der Waals surface area (Å²) >= 11 is 0. The maximum atomic E-state index is 12.1. The Bertz CT molecular complexity index is 840. The molecule has 0 aliphatic heterocycles. The van der Waals surface area contributed by atoms with Crippen molar-refractivity contribution in [3.63, 3.8) is 0 Å². The predicted molar refractivity (Wildman–Crippen MR) is 87.8 cm³/mol. The zero-order valence-electron chi connectivity index (χ0n) is 14.0. The van der Waals surface area contributed by atoms with E-state index < -0.39 is 0 Å². The third-order valence-corrected chi connectivity index (χ3v) is 3.40. The first kappa shape index (κ1) is 16.6. The second-order valence-electron chi connectivity index (χ2n) is 5.04. The molecule has 0 fully saturated rings. The molecule has 0 aromatic carbocycles. The number of ether oxygens (including phenoxy) is 1. The van der Waals surface area contributed by atoms with E-state index in [1.54, 1.807) is 35.3 Å². The molecule has 9 heteroatoms. The van der Waals surface area contributed by atoms with Gasteiger partial charge in [0.05, 0.1) is 13.2 Å². The van der Waals surface area contributed by atoms with E-state index >= 15 is 0 Å². The molecule has 3 heterocycles. The van der Waals surface area contributed by atoms with Crippen molar-refractivity contribution >= 4 is 5.91 Å². The first-order chi connectivity index (χ1) is 12.2. The minimum Gasteiger partial charge on any atom is -0.478 e. The van der Waals surface area contributed by atoms with Crippen LogP contribution in [0.25, 0.3) is 11.4 Å². The number of amides is 1. The van der Waals surface area contributed by atoms with Crippen molar-refractivity contribution in [3.8, 4) is 17.3 Å². The number of nitrogens with one attached hydrogen (secondary N) is 1. The minimum absolute atomic E-state index is 0.130. The molecule has 0 unspecified atom stereocenters. The SMILES string of the molecule is CCOc1ccc(-c2noc(CNC(=O)c3ccnn3CC)n2)cn1. The average Bonchev–Trinajstić information content (AvgIpc) is 3.30. The van der Waals surface area contributed by atoms with Crippen LogP contribution in [0, 0.1) is 0 Å².